The summed E-state index contributed by atoms with van der Waals surface area (Å²) in [6.07, 6.45) is 2.31. The van der Waals surface area contributed by atoms with Gasteiger partial charge in [-0.2, -0.15) is 0 Å². The van der Waals surface area contributed by atoms with Crippen LogP contribution in [-0.4, -0.2) is 49.5 Å². The summed E-state index contributed by atoms with van der Waals surface area (Å²) in [6.45, 7) is 4.09. The second-order valence-electron chi connectivity index (χ2n) is 7.66. The topological polar surface area (TPSA) is 78.7 Å². The van der Waals surface area contributed by atoms with E-state index in [9.17, 15) is 14.9 Å². The molecule has 0 aromatic heterocycles. The summed E-state index contributed by atoms with van der Waals surface area (Å²) in [5.74, 6) is -0.277. The first-order valence-electron chi connectivity index (χ1n) is 9.92. The number of rotatable bonds is 7. The van der Waals surface area contributed by atoms with Gasteiger partial charge in [0.05, 0.1) is 11.0 Å². The molecule has 154 valence electrons. The maximum atomic E-state index is 12.8. The molecule has 1 fully saturated rings. The van der Waals surface area contributed by atoms with Gasteiger partial charge in [-0.05, 0) is 56.6 Å². The van der Waals surface area contributed by atoms with Crippen molar-refractivity contribution in [3.8, 4) is 0 Å². The largest absolute Gasteiger partial charge is 0.378 e. The van der Waals surface area contributed by atoms with Crippen molar-refractivity contribution in [3.63, 3.8) is 0 Å². The van der Waals surface area contributed by atoms with Gasteiger partial charge in [-0.1, -0.05) is 18.2 Å². The van der Waals surface area contributed by atoms with Gasteiger partial charge in [0.15, 0.2) is 0 Å². The first-order valence-corrected chi connectivity index (χ1v) is 9.92. The van der Waals surface area contributed by atoms with Crippen LogP contribution in [0.4, 0.5) is 11.4 Å². The number of likely N-dealkylation sites (tertiary alicyclic amines) is 1. The van der Waals surface area contributed by atoms with Crippen LogP contribution in [0.2, 0.25) is 0 Å². The summed E-state index contributed by atoms with van der Waals surface area (Å²) < 4.78 is 0. The van der Waals surface area contributed by atoms with Crippen molar-refractivity contribution < 1.29 is 9.72 Å². The van der Waals surface area contributed by atoms with E-state index in [1.807, 2.05) is 14.1 Å². The Bertz CT molecular complexity index is 874. The van der Waals surface area contributed by atoms with Gasteiger partial charge in [0, 0.05) is 43.5 Å². The van der Waals surface area contributed by atoms with Crippen molar-refractivity contribution in [1.82, 2.24) is 10.2 Å². The summed E-state index contributed by atoms with van der Waals surface area (Å²) in [4.78, 5) is 27.9. The molecule has 1 heterocycles. The molecule has 1 saturated heterocycles. The number of nitrogens with zero attached hydrogens (tertiary/aromatic N) is 3. The van der Waals surface area contributed by atoms with Gasteiger partial charge in [-0.25, -0.2) is 0 Å². The fraction of sp³-hybridized carbons (Fsp3) is 0.409. The van der Waals surface area contributed by atoms with E-state index in [0.29, 0.717) is 17.7 Å². The molecular weight excluding hydrogens is 368 g/mol. The number of benzene rings is 2. The van der Waals surface area contributed by atoms with Gasteiger partial charge < -0.3 is 10.2 Å². The number of anilines is 1. The van der Waals surface area contributed by atoms with Gasteiger partial charge in [0.25, 0.3) is 11.6 Å². The Hall–Kier alpha value is -2.93. The van der Waals surface area contributed by atoms with E-state index in [2.05, 4.69) is 39.4 Å². The minimum atomic E-state index is -0.453. The molecule has 0 spiro atoms. The molecule has 0 saturated carbocycles. The predicted molar refractivity (Wildman–Crippen MR) is 114 cm³/mol. The summed E-state index contributed by atoms with van der Waals surface area (Å²) in [5.41, 5.74) is 3.00. The molecule has 1 aliphatic heterocycles. The SMILES string of the molecule is Cc1c(C(=O)NC[C@@H](c2ccc(N(C)C)cc2)N2CCCC2)cccc1[N+](=O)[O-]. The smallest absolute Gasteiger partial charge is 0.273 e. The molecule has 0 aliphatic carbocycles. The molecule has 29 heavy (non-hydrogen) atoms. The number of nitro groups is 1. The Kier molecular flexibility index (Phi) is 6.49. The quantitative estimate of drug-likeness (QED) is 0.572. The van der Waals surface area contributed by atoms with E-state index < -0.39 is 4.92 Å². The highest BCUT2D eigenvalue weighted by atomic mass is 16.6. The number of carbonyl (C=O) groups is 1. The highest BCUT2D eigenvalue weighted by Crippen LogP contribution is 2.27. The minimum Gasteiger partial charge on any atom is -0.378 e. The van der Waals surface area contributed by atoms with Crippen LogP contribution in [-0.2, 0) is 0 Å². The standard InChI is InChI=1S/C22H28N4O3/c1-16-19(7-6-8-20(16)26(28)29)22(27)23-15-21(25-13-4-5-14-25)17-9-11-18(12-10-17)24(2)3/h6-12,21H,4-5,13-15H2,1-3H3,(H,23,27)/t21-/m0/s1. The third kappa shape index (κ3) is 4.74. The van der Waals surface area contributed by atoms with Crippen LogP contribution in [0.25, 0.3) is 0 Å². The normalized spacial score (nSPS) is 15.1. The molecule has 0 bridgehead atoms. The van der Waals surface area contributed by atoms with Crippen LogP contribution >= 0.6 is 0 Å². The van der Waals surface area contributed by atoms with Crippen LogP contribution in [0.5, 0.6) is 0 Å². The Balaban J connectivity index is 1.78. The van der Waals surface area contributed by atoms with Crippen LogP contribution in [0.3, 0.4) is 0 Å². The number of nitrogens with one attached hydrogen (secondary N) is 1. The number of hydrogen-bond donors (Lipinski definition) is 1. The lowest BCUT2D eigenvalue weighted by atomic mass is 10.0. The van der Waals surface area contributed by atoms with E-state index in [1.54, 1.807) is 19.1 Å². The number of carbonyl (C=O) groups excluding carboxylic acids is 1. The van der Waals surface area contributed by atoms with Crippen LogP contribution in [0.1, 0.15) is 40.4 Å². The third-order valence-corrected chi connectivity index (χ3v) is 5.58. The van der Waals surface area contributed by atoms with Crippen molar-refractivity contribution in [2.45, 2.75) is 25.8 Å². The lowest BCUT2D eigenvalue weighted by Gasteiger charge is -2.28. The minimum absolute atomic E-state index is 0.0342. The molecule has 0 unspecified atom stereocenters. The summed E-state index contributed by atoms with van der Waals surface area (Å²) >= 11 is 0. The average molecular weight is 396 g/mol. The van der Waals surface area contributed by atoms with Gasteiger partial charge in [0.2, 0.25) is 0 Å². The molecule has 2 aromatic carbocycles. The molecular formula is C22H28N4O3. The maximum Gasteiger partial charge on any atom is 0.273 e. The predicted octanol–water partition coefficient (Wildman–Crippen LogP) is 3.54. The van der Waals surface area contributed by atoms with E-state index in [-0.39, 0.29) is 17.6 Å². The van der Waals surface area contributed by atoms with Crippen molar-refractivity contribution in [3.05, 3.63) is 69.3 Å². The first kappa shape index (κ1) is 20.8. The Morgan fingerprint density at radius 3 is 2.41 bits per heavy atom. The van der Waals surface area contributed by atoms with Gasteiger partial charge in [-0.3, -0.25) is 19.8 Å². The van der Waals surface area contributed by atoms with Gasteiger partial charge in [0.1, 0.15) is 0 Å². The molecule has 1 atom stereocenters. The second-order valence-corrected chi connectivity index (χ2v) is 7.66. The van der Waals surface area contributed by atoms with Crippen molar-refractivity contribution in [2.75, 3.05) is 38.6 Å². The van der Waals surface area contributed by atoms with E-state index in [4.69, 9.17) is 0 Å². The zero-order valence-corrected chi connectivity index (χ0v) is 17.2. The molecule has 0 radical (unpaired) electrons. The average Bonchev–Trinajstić information content (AvgIpc) is 3.22. The highest BCUT2D eigenvalue weighted by molar-refractivity contribution is 5.96. The van der Waals surface area contributed by atoms with Crippen LogP contribution in [0.15, 0.2) is 42.5 Å². The number of hydrogen-bond acceptors (Lipinski definition) is 5. The van der Waals surface area contributed by atoms with Crippen molar-refractivity contribution in [2.24, 2.45) is 0 Å². The summed E-state index contributed by atoms with van der Waals surface area (Å²) in [6, 6.07) is 13.1. The highest BCUT2D eigenvalue weighted by Gasteiger charge is 2.25. The fourth-order valence-electron chi connectivity index (χ4n) is 3.86. The Labute approximate surface area is 171 Å². The molecule has 7 heteroatoms. The van der Waals surface area contributed by atoms with Crippen LogP contribution in [0, 0.1) is 17.0 Å². The van der Waals surface area contributed by atoms with E-state index >= 15 is 0 Å². The monoisotopic (exact) mass is 396 g/mol. The zero-order chi connectivity index (χ0) is 21.0. The third-order valence-electron chi connectivity index (χ3n) is 5.58. The second kappa shape index (κ2) is 9.05. The molecule has 1 amide bonds. The Morgan fingerprint density at radius 1 is 1.17 bits per heavy atom. The maximum absolute atomic E-state index is 12.8. The molecule has 3 rings (SSSR count). The number of amides is 1. The fourth-order valence-corrected chi connectivity index (χ4v) is 3.86. The lowest BCUT2D eigenvalue weighted by molar-refractivity contribution is -0.385. The van der Waals surface area contributed by atoms with Gasteiger partial charge in [-0.15, -0.1) is 0 Å². The molecule has 1 aliphatic rings. The molecule has 2 aromatic rings. The van der Waals surface area contributed by atoms with Gasteiger partial charge >= 0.3 is 0 Å². The Morgan fingerprint density at radius 2 is 1.83 bits per heavy atom. The number of nitro benzene ring substituents is 1. The molecule has 7 nitrogen and oxygen atoms in total. The zero-order valence-electron chi connectivity index (χ0n) is 17.2. The summed E-state index contributed by atoms with van der Waals surface area (Å²) in [5, 5.41) is 14.2. The lowest BCUT2D eigenvalue weighted by Crippen LogP contribution is -2.37. The van der Waals surface area contributed by atoms with Crippen LogP contribution < -0.4 is 10.2 Å². The summed E-state index contributed by atoms with van der Waals surface area (Å²) in [7, 11) is 4.02. The van der Waals surface area contributed by atoms with E-state index in [0.717, 1.165) is 37.2 Å². The van der Waals surface area contributed by atoms with Crippen molar-refractivity contribution >= 4 is 17.3 Å². The molecule has 1 N–H and O–H groups in total. The van der Waals surface area contributed by atoms with Crippen molar-refractivity contribution in [1.29, 1.82) is 0 Å². The van der Waals surface area contributed by atoms with E-state index in [1.165, 1.54) is 6.07 Å². The first-order chi connectivity index (χ1) is 13.9.